The minimum absolute atomic E-state index is 0.839. The number of rotatable bonds is 0. The number of benzene rings is 8. The summed E-state index contributed by atoms with van der Waals surface area (Å²) in [5.41, 5.74) is 18.1. The zero-order valence-electron chi connectivity index (χ0n) is 62.4. The number of fused-ring (bicyclic) bond motifs is 10. The zero-order valence-corrected chi connectivity index (χ0v) is 63.3. The fraction of sp³-hybridized carbons (Fsp3) is 0.329. The lowest BCUT2D eigenvalue weighted by Gasteiger charge is -2.01. The van der Waals surface area contributed by atoms with Crippen molar-refractivity contribution in [1.82, 2.24) is 34.1 Å². The van der Waals surface area contributed by atoms with Crippen molar-refractivity contribution >= 4 is 97.7 Å². The van der Waals surface area contributed by atoms with E-state index in [9.17, 15) is 0 Å². The van der Waals surface area contributed by atoms with Crippen molar-refractivity contribution in [2.24, 2.45) is 14.1 Å². The third kappa shape index (κ3) is 23.5. The standard InChI is InChI=1S/2C14H13N.2C11H11N.C10H10N2.C9H9NS.8C2H6/c1-10-7-8-14-12(9-10)11-5-3-4-6-13(11)15(14)2;1-10-7-8-12-11-5-3-4-6-13(11)15(2)14(12)9-10;1-8-7-10-5-3-4-6-11(10)9(2)12-8;1-8-7-9(2)12-11-6-4-3-5-10(8)11;1-7-9-5-3-4-6-10(9)12-8(2)11-7;1-6-3-4-8-9(5-6)11-7(2)10-8;8*1-2/h2*3-9H,1-2H3;2*3-7H,1-2H3;3-6H,1-2H3;3-5H,1-2H3;8*1-2H3. The molecule has 6 heterocycles. The van der Waals surface area contributed by atoms with Crippen molar-refractivity contribution in [2.75, 3.05) is 0 Å². The zero-order chi connectivity index (χ0) is 70.3. The third-order valence-electron chi connectivity index (χ3n) is 13.8. The first-order valence-electron chi connectivity index (χ1n) is 34.2. The van der Waals surface area contributed by atoms with E-state index in [1.54, 1.807) is 11.3 Å². The maximum Gasteiger partial charge on any atom is 0.126 e. The van der Waals surface area contributed by atoms with Crippen LogP contribution in [0.15, 0.2) is 188 Å². The van der Waals surface area contributed by atoms with E-state index in [1.165, 1.54) is 86.7 Å². The van der Waals surface area contributed by atoms with Gasteiger partial charge in [-0.1, -0.05) is 238 Å². The van der Waals surface area contributed by atoms with Crippen LogP contribution in [0.5, 0.6) is 0 Å². The Hall–Kier alpha value is -8.59. The second-order valence-corrected chi connectivity index (χ2v) is 21.2. The molecule has 8 heteroatoms. The molecular weight excluding hydrogens is 1150 g/mol. The lowest BCUT2D eigenvalue weighted by Crippen LogP contribution is -1.92. The van der Waals surface area contributed by atoms with E-state index in [4.69, 9.17) is 0 Å². The molecule has 0 saturated carbocycles. The van der Waals surface area contributed by atoms with Crippen LogP contribution in [-0.2, 0) is 14.1 Å². The largest absolute Gasteiger partial charge is 0.344 e. The molecule has 0 aliphatic heterocycles. The molecule has 0 atom stereocenters. The molecule has 0 bridgehead atoms. The van der Waals surface area contributed by atoms with Gasteiger partial charge in [0, 0.05) is 96.6 Å². The predicted molar refractivity (Wildman–Crippen MR) is 422 cm³/mol. The highest BCUT2D eigenvalue weighted by Crippen LogP contribution is 2.30. The number of pyridine rings is 2. The molecule has 14 rings (SSSR count). The summed E-state index contributed by atoms with van der Waals surface area (Å²) >= 11 is 1.76. The molecule has 496 valence electrons. The van der Waals surface area contributed by atoms with Gasteiger partial charge in [0.25, 0.3) is 0 Å². The molecule has 0 aliphatic rings. The molecule has 8 aromatic carbocycles. The predicted octanol–water partition coefficient (Wildman–Crippen LogP) is 26.4. The lowest BCUT2D eigenvalue weighted by atomic mass is 10.1. The van der Waals surface area contributed by atoms with Crippen molar-refractivity contribution < 1.29 is 0 Å². The van der Waals surface area contributed by atoms with Crippen LogP contribution in [0.3, 0.4) is 0 Å². The van der Waals surface area contributed by atoms with Crippen molar-refractivity contribution in [3.05, 3.63) is 244 Å². The van der Waals surface area contributed by atoms with Crippen LogP contribution in [0.4, 0.5) is 0 Å². The number of hydrogen-bond donors (Lipinski definition) is 0. The van der Waals surface area contributed by atoms with E-state index in [1.807, 2.05) is 188 Å². The topological polar surface area (TPSA) is 74.3 Å². The summed E-state index contributed by atoms with van der Waals surface area (Å²) in [7, 11) is 4.25. The molecule has 0 amide bonds. The summed E-state index contributed by atoms with van der Waals surface area (Å²) in [5.74, 6) is 0.839. The Morgan fingerprint density at radius 2 is 0.688 bits per heavy atom. The fourth-order valence-electron chi connectivity index (χ4n) is 10.1. The Morgan fingerprint density at radius 1 is 0.280 bits per heavy atom. The highest BCUT2D eigenvalue weighted by Gasteiger charge is 2.08. The first-order valence-corrected chi connectivity index (χ1v) is 35.0. The summed E-state index contributed by atoms with van der Waals surface area (Å²) in [6, 6.07) is 65.6. The van der Waals surface area contributed by atoms with Gasteiger partial charge in [0.15, 0.2) is 0 Å². The molecule has 7 nitrogen and oxygen atoms in total. The average Bonchev–Trinajstić information content (AvgIpc) is 1.64. The van der Waals surface area contributed by atoms with Crippen LogP contribution >= 0.6 is 11.3 Å². The normalized spacial score (nSPS) is 9.51. The average molecular weight is 1270 g/mol. The molecule has 0 aliphatic carbocycles. The first kappa shape index (κ1) is 82.4. The Bertz CT molecular complexity index is 4190. The van der Waals surface area contributed by atoms with Gasteiger partial charge >= 0.3 is 0 Å². The van der Waals surface area contributed by atoms with Crippen LogP contribution in [0.2, 0.25) is 0 Å². The number of thiazole rings is 1. The van der Waals surface area contributed by atoms with E-state index in [0.717, 1.165) is 55.5 Å². The molecule has 0 radical (unpaired) electrons. The Labute approximate surface area is 566 Å². The lowest BCUT2D eigenvalue weighted by molar-refractivity contribution is 1.01. The van der Waals surface area contributed by atoms with E-state index >= 15 is 0 Å². The summed E-state index contributed by atoms with van der Waals surface area (Å²) in [5, 5.41) is 11.5. The van der Waals surface area contributed by atoms with Crippen molar-refractivity contribution in [2.45, 2.75) is 180 Å². The molecule has 0 fully saturated rings. The molecule has 0 unspecified atom stereocenters. The van der Waals surface area contributed by atoms with Gasteiger partial charge in [-0.15, -0.1) is 11.3 Å². The molecule has 14 aromatic rings. The van der Waals surface area contributed by atoms with Gasteiger partial charge < -0.3 is 9.13 Å². The SMILES string of the molecule is CC.CC.CC.CC.CC.CC.CC.CC.Cc1cc(C)c2ccccc2n1.Cc1cc2ccccc2c(C)n1.Cc1ccc2c(c1)c1ccccc1n2C.Cc1ccc2c3ccccc3n(C)c2c1.Cc1ccc2nc(C)sc2c1.Cc1nc(C)c2ccccc2n1. The second-order valence-electron chi connectivity index (χ2n) is 19.9. The van der Waals surface area contributed by atoms with Crippen LogP contribution < -0.4 is 0 Å². The fourth-order valence-corrected chi connectivity index (χ4v) is 11.1. The van der Waals surface area contributed by atoms with E-state index in [-0.39, 0.29) is 0 Å². The summed E-state index contributed by atoms with van der Waals surface area (Å²) in [6.45, 7) is 52.6. The number of aryl methyl sites for hydroxylation is 12. The van der Waals surface area contributed by atoms with Gasteiger partial charge in [0.2, 0.25) is 0 Å². The van der Waals surface area contributed by atoms with Crippen LogP contribution in [0, 0.1) is 69.2 Å². The second kappa shape index (κ2) is 44.8. The molecular formula is C85H115N7S. The van der Waals surface area contributed by atoms with Crippen molar-refractivity contribution in [3.8, 4) is 0 Å². The van der Waals surface area contributed by atoms with Crippen LogP contribution in [0.1, 0.15) is 167 Å². The number of nitrogens with zero attached hydrogens (tertiary/aromatic N) is 7. The van der Waals surface area contributed by atoms with E-state index < -0.39 is 0 Å². The summed E-state index contributed by atoms with van der Waals surface area (Å²) in [6.07, 6.45) is 0. The highest BCUT2D eigenvalue weighted by molar-refractivity contribution is 7.18. The minimum atomic E-state index is 0.839. The smallest absolute Gasteiger partial charge is 0.126 e. The Kier molecular flexibility index (Phi) is 39.7. The van der Waals surface area contributed by atoms with Crippen LogP contribution in [-0.4, -0.2) is 34.1 Å². The van der Waals surface area contributed by atoms with Gasteiger partial charge in [-0.05, 0) is 158 Å². The highest BCUT2D eigenvalue weighted by atomic mass is 32.1. The van der Waals surface area contributed by atoms with Crippen LogP contribution in [0.25, 0.3) is 86.4 Å². The summed E-state index contributed by atoms with van der Waals surface area (Å²) < 4.78 is 5.81. The molecule has 6 aromatic heterocycles. The van der Waals surface area contributed by atoms with Gasteiger partial charge in [-0.25, -0.2) is 15.0 Å². The quantitative estimate of drug-likeness (QED) is 0.151. The van der Waals surface area contributed by atoms with Gasteiger partial charge in [-0.2, -0.15) is 0 Å². The molecule has 0 spiro atoms. The monoisotopic (exact) mass is 1270 g/mol. The maximum absolute atomic E-state index is 4.44. The molecule has 93 heavy (non-hydrogen) atoms. The first-order chi connectivity index (χ1) is 45.1. The van der Waals surface area contributed by atoms with Gasteiger partial charge in [-0.3, -0.25) is 9.97 Å². The number of hydrogen-bond acceptors (Lipinski definition) is 6. The van der Waals surface area contributed by atoms with E-state index in [0.29, 0.717) is 0 Å². The minimum Gasteiger partial charge on any atom is -0.344 e. The number of para-hydroxylation sites is 4. The van der Waals surface area contributed by atoms with Gasteiger partial charge in [0.05, 0.1) is 26.3 Å². The molecule has 0 N–H and O–H groups in total. The maximum atomic E-state index is 4.44. The van der Waals surface area contributed by atoms with Crippen molar-refractivity contribution in [3.63, 3.8) is 0 Å². The van der Waals surface area contributed by atoms with E-state index in [2.05, 4.69) is 228 Å². The third-order valence-corrected chi connectivity index (χ3v) is 14.7. The summed E-state index contributed by atoms with van der Waals surface area (Å²) in [4.78, 5) is 21.8. The van der Waals surface area contributed by atoms with Gasteiger partial charge in [0.1, 0.15) is 5.82 Å². The number of aromatic nitrogens is 7. The Morgan fingerprint density at radius 3 is 1.28 bits per heavy atom. The van der Waals surface area contributed by atoms with Crippen molar-refractivity contribution in [1.29, 1.82) is 0 Å². The Balaban J connectivity index is 0.000000536. The molecule has 0 saturated heterocycles.